The van der Waals surface area contributed by atoms with Crippen LogP contribution in [-0.4, -0.2) is 66.0 Å². The molecule has 32 heavy (non-hydrogen) atoms. The van der Waals surface area contributed by atoms with E-state index < -0.39 is 0 Å². The molecule has 1 aromatic heterocycles. The number of rotatable bonds is 7. The second-order valence-electron chi connectivity index (χ2n) is 8.69. The van der Waals surface area contributed by atoms with Gasteiger partial charge in [0.2, 0.25) is 11.8 Å². The van der Waals surface area contributed by atoms with Crippen molar-refractivity contribution in [2.45, 2.75) is 36.8 Å². The monoisotopic (exact) mass is 456 g/mol. The molecule has 2 aliphatic heterocycles. The third-order valence-electron chi connectivity index (χ3n) is 6.48. The maximum Gasteiger partial charge on any atom is 0.222 e. The number of nitrogens with one attached hydrogen (secondary N) is 1. The van der Waals surface area contributed by atoms with Gasteiger partial charge in [-0.25, -0.2) is 0 Å². The average molecular weight is 457 g/mol. The Balaban J connectivity index is 1.28. The van der Waals surface area contributed by atoms with Crippen LogP contribution in [0, 0.1) is 11.8 Å². The Bertz CT molecular complexity index is 896. The predicted molar refractivity (Wildman–Crippen MR) is 124 cm³/mol. The van der Waals surface area contributed by atoms with Gasteiger partial charge >= 0.3 is 0 Å². The SMILES string of the molecule is CC(=O)N1CCN(C(=O)CC2CCNCC2Cc2cc(CSc3ccccc3)on2)CC1. The van der Waals surface area contributed by atoms with Crippen LogP contribution in [0.2, 0.25) is 0 Å². The zero-order valence-corrected chi connectivity index (χ0v) is 19.5. The van der Waals surface area contributed by atoms with Crippen LogP contribution in [0.1, 0.15) is 31.2 Å². The average Bonchev–Trinajstić information content (AvgIpc) is 3.27. The Labute approximate surface area is 193 Å². The Morgan fingerprint density at radius 3 is 2.62 bits per heavy atom. The Kier molecular flexibility index (Phi) is 7.86. The molecule has 0 bridgehead atoms. The number of piperidine rings is 1. The van der Waals surface area contributed by atoms with E-state index in [1.54, 1.807) is 18.7 Å². The van der Waals surface area contributed by atoms with Gasteiger partial charge in [0.15, 0.2) is 0 Å². The van der Waals surface area contributed by atoms with Crippen LogP contribution in [0.15, 0.2) is 45.8 Å². The van der Waals surface area contributed by atoms with Crippen molar-refractivity contribution in [3.05, 3.63) is 47.9 Å². The highest BCUT2D eigenvalue weighted by Crippen LogP contribution is 2.28. The van der Waals surface area contributed by atoms with Gasteiger partial charge in [-0.15, -0.1) is 11.8 Å². The minimum atomic E-state index is 0.0877. The van der Waals surface area contributed by atoms with E-state index in [1.807, 2.05) is 28.0 Å². The molecule has 0 spiro atoms. The molecular weight excluding hydrogens is 424 g/mol. The number of carbonyl (C=O) groups is 2. The standard InChI is InChI=1S/C24H32N4O3S/c1-18(29)27-9-11-28(12-10-27)24(30)14-19-7-8-25-16-20(19)13-21-15-22(31-26-21)17-32-23-5-3-2-4-6-23/h2-6,15,19-20,25H,7-14,16-17H2,1H3. The van der Waals surface area contributed by atoms with Gasteiger partial charge in [0, 0.05) is 50.5 Å². The molecule has 1 aromatic carbocycles. The molecular formula is C24H32N4O3S. The molecule has 0 aliphatic carbocycles. The van der Waals surface area contributed by atoms with Gasteiger partial charge in [0.25, 0.3) is 0 Å². The van der Waals surface area contributed by atoms with Crippen molar-refractivity contribution in [1.82, 2.24) is 20.3 Å². The lowest BCUT2D eigenvalue weighted by Crippen LogP contribution is -2.51. The first kappa shape index (κ1) is 22.9. The van der Waals surface area contributed by atoms with Crippen LogP contribution in [-0.2, 0) is 21.8 Å². The van der Waals surface area contributed by atoms with Crippen molar-refractivity contribution in [3.63, 3.8) is 0 Å². The van der Waals surface area contributed by atoms with E-state index in [2.05, 4.69) is 28.7 Å². The zero-order valence-electron chi connectivity index (χ0n) is 18.7. The van der Waals surface area contributed by atoms with Crippen molar-refractivity contribution in [3.8, 4) is 0 Å². The van der Waals surface area contributed by atoms with E-state index in [4.69, 9.17) is 4.52 Å². The van der Waals surface area contributed by atoms with Crippen LogP contribution >= 0.6 is 11.8 Å². The highest BCUT2D eigenvalue weighted by atomic mass is 32.2. The lowest BCUT2D eigenvalue weighted by molar-refractivity contribution is -0.139. The fraction of sp³-hybridized carbons (Fsp3) is 0.542. The molecule has 7 nitrogen and oxygen atoms in total. The van der Waals surface area contributed by atoms with Crippen molar-refractivity contribution in [1.29, 1.82) is 0 Å². The van der Waals surface area contributed by atoms with E-state index >= 15 is 0 Å². The number of piperazine rings is 1. The van der Waals surface area contributed by atoms with Gasteiger partial charge < -0.3 is 19.6 Å². The molecule has 0 radical (unpaired) electrons. The molecule has 2 unspecified atom stereocenters. The summed E-state index contributed by atoms with van der Waals surface area (Å²) in [5, 5.41) is 7.78. The topological polar surface area (TPSA) is 78.7 Å². The van der Waals surface area contributed by atoms with Gasteiger partial charge in [-0.3, -0.25) is 9.59 Å². The smallest absolute Gasteiger partial charge is 0.222 e. The normalized spacial score (nSPS) is 21.5. The largest absolute Gasteiger partial charge is 0.360 e. The first-order valence-electron chi connectivity index (χ1n) is 11.4. The molecule has 0 saturated carbocycles. The van der Waals surface area contributed by atoms with Crippen molar-refractivity contribution < 1.29 is 14.1 Å². The number of amides is 2. The third-order valence-corrected chi connectivity index (χ3v) is 7.52. The summed E-state index contributed by atoms with van der Waals surface area (Å²) in [6.07, 6.45) is 2.39. The second-order valence-corrected chi connectivity index (χ2v) is 9.74. The summed E-state index contributed by atoms with van der Waals surface area (Å²) >= 11 is 1.74. The maximum atomic E-state index is 12.9. The number of hydrogen-bond donors (Lipinski definition) is 1. The highest BCUT2D eigenvalue weighted by Gasteiger charge is 2.31. The van der Waals surface area contributed by atoms with Gasteiger partial charge in [0.1, 0.15) is 5.76 Å². The fourth-order valence-electron chi connectivity index (χ4n) is 4.57. The summed E-state index contributed by atoms with van der Waals surface area (Å²) in [6.45, 7) is 5.99. The molecule has 1 N–H and O–H groups in total. The van der Waals surface area contributed by atoms with Crippen LogP contribution < -0.4 is 5.32 Å². The predicted octanol–water partition coefficient (Wildman–Crippen LogP) is 2.82. The van der Waals surface area contributed by atoms with Gasteiger partial charge in [0.05, 0.1) is 11.4 Å². The maximum absolute atomic E-state index is 12.9. The van der Waals surface area contributed by atoms with Crippen molar-refractivity contribution in [2.75, 3.05) is 39.3 Å². The molecule has 8 heteroatoms. The van der Waals surface area contributed by atoms with E-state index in [-0.39, 0.29) is 11.8 Å². The Morgan fingerprint density at radius 1 is 1.12 bits per heavy atom. The van der Waals surface area contributed by atoms with Crippen LogP contribution in [0.4, 0.5) is 0 Å². The summed E-state index contributed by atoms with van der Waals surface area (Å²) in [6, 6.07) is 12.3. The highest BCUT2D eigenvalue weighted by molar-refractivity contribution is 7.98. The molecule has 2 aliphatic rings. The molecule has 2 atom stereocenters. The third kappa shape index (κ3) is 6.13. The van der Waals surface area contributed by atoms with Crippen LogP contribution in [0.3, 0.4) is 0 Å². The Morgan fingerprint density at radius 2 is 1.88 bits per heavy atom. The molecule has 2 amide bonds. The lowest BCUT2D eigenvalue weighted by Gasteiger charge is -2.37. The second kappa shape index (κ2) is 11.0. The van der Waals surface area contributed by atoms with Gasteiger partial charge in [-0.2, -0.15) is 0 Å². The lowest BCUT2D eigenvalue weighted by atomic mass is 9.81. The summed E-state index contributed by atoms with van der Waals surface area (Å²) in [4.78, 5) is 29.4. The number of hydrogen-bond acceptors (Lipinski definition) is 6. The first-order valence-corrected chi connectivity index (χ1v) is 12.4. The summed E-state index contributed by atoms with van der Waals surface area (Å²) in [7, 11) is 0. The van der Waals surface area contributed by atoms with E-state index in [1.165, 1.54) is 4.90 Å². The summed E-state index contributed by atoms with van der Waals surface area (Å²) < 4.78 is 5.57. The van der Waals surface area contributed by atoms with Crippen molar-refractivity contribution in [2.24, 2.45) is 11.8 Å². The molecule has 2 fully saturated rings. The zero-order chi connectivity index (χ0) is 22.3. The number of nitrogens with zero attached hydrogens (tertiary/aromatic N) is 3. The molecule has 172 valence electrons. The minimum absolute atomic E-state index is 0.0877. The Hall–Kier alpha value is -2.32. The fourth-order valence-corrected chi connectivity index (χ4v) is 5.36. The van der Waals surface area contributed by atoms with E-state index in [0.717, 1.165) is 43.1 Å². The van der Waals surface area contributed by atoms with Crippen LogP contribution in [0.5, 0.6) is 0 Å². The minimum Gasteiger partial charge on any atom is -0.360 e. The summed E-state index contributed by atoms with van der Waals surface area (Å²) in [5.41, 5.74) is 0.967. The molecule has 3 heterocycles. The molecule has 2 saturated heterocycles. The number of aromatic nitrogens is 1. The van der Waals surface area contributed by atoms with Crippen molar-refractivity contribution >= 4 is 23.6 Å². The number of thioether (sulfide) groups is 1. The first-order chi connectivity index (χ1) is 15.6. The molecule has 2 aromatic rings. The van der Waals surface area contributed by atoms with E-state index in [9.17, 15) is 9.59 Å². The van der Waals surface area contributed by atoms with E-state index in [0.29, 0.717) is 44.4 Å². The molecule has 4 rings (SSSR count). The van der Waals surface area contributed by atoms with Gasteiger partial charge in [-0.1, -0.05) is 23.4 Å². The van der Waals surface area contributed by atoms with Gasteiger partial charge in [-0.05, 0) is 49.9 Å². The number of carbonyl (C=O) groups excluding carboxylic acids is 2. The quantitative estimate of drug-likeness (QED) is 0.646. The summed E-state index contributed by atoms with van der Waals surface area (Å²) in [5.74, 6) is 2.65. The number of benzene rings is 1. The van der Waals surface area contributed by atoms with Crippen LogP contribution in [0.25, 0.3) is 0 Å².